The van der Waals surface area contributed by atoms with Crippen molar-refractivity contribution < 1.29 is 13.2 Å². The first-order valence-corrected chi connectivity index (χ1v) is 13.4. The third-order valence-electron chi connectivity index (χ3n) is 6.22. The largest absolute Gasteiger partial charge is 0.372 e. The number of aromatic nitrogens is 2. The van der Waals surface area contributed by atoms with E-state index in [4.69, 9.17) is 0 Å². The van der Waals surface area contributed by atoms with E-state index < -0.39 is 15.9 Å². The Hall–Kier alpha value is -2.56. The fourth-order valence-corrected chi connectivity index (χ4v) is 6.59. The fraction of sp³-hybridized carbons (Fsp3) is 0.435. The molecule has 0 unspecified atom stereocenters. The second-order valence-corrected chi connectivity index (χ2v) is 10.7. The number of hydrogen-bond donors (Lipinski definition) is 1. The number of amides is 1. The number of nitrogens with one attached hydrogen (secondary N) is 1. The van der Waals surface area contributed by atoms with Gasteiger partial charge in [-0.3, -0.25) is 4.79 Å². The molecule has 0 radical (unpaired) electrons. The van der Waals surface area contributed by atoms with Crippen LogP contribution in [-0.4, -0.2) is 53.6 Å². The van der Waals surface area contributed by atoms with Crippen LogP contribution < -0.4 is 10.2 Å². The van der Waals surface area contributed by atoms with Gasteiger partial charge in [-0.05, 0) is 69.5 Å². The van der Waals surface area contributed by atoms with Gasteiger partial charge in [0.2, 0.25) is 15.9 Å². The number of carbonyl (C=O) groups is 1. The summed E-state index contributed by atoms with van der Waals surface area (Å²) < 4.78 is 36.5. The summed E-state index contributed by atoms with van der Waals surface area (Å²) in [5.74, 6) is -0.565. The number of nitrogens with zero attached hydrogens (tertiary/aromatic N) is 4. The zero-order valence-corrected chi connectivity index (χ0v) is 20.7. The van der Waals surface area contributed by atoms with Crippen LogP contribution in [0, 0.1) is 12.8 Å². The Kier molecular flexibility index (Phi) is 6.96. The number of aryl methyl sites for hydroxylation is 1. The normalized spacial score (nSPS) is 17.2. The predicted octanol–water partition coefficient (Wildman–Crippen LogP) is 3.89. The molecule has 2 heterocycles. The number of sulfonamides is 1. The van der Waals surface area contributed by atoms with Crippen molar-refractivity contribution in [3.8, 4) is 0 Å². The molecule has 0 saturated carbocycles. The molecule has 1 N–H and O–H groups in total. The average Bonchev–Trinajstić information content (AvgIpc) is 3.30. The average molecular weight is 488 g/mol. The first-order chi connectivity index (χ1) is 15.8. The minimum atomic E-state index is -3.78. The summed E-state index contributed by atoms with van der Waals surface area (Å²) in [4.78, 5) is 15.5. The molecule has 2 aromatic carbocycles. The highest BCUT2D eigenvalue weighted by molar-refractivity contribution is 7.89. The summed E-state index contributed by atoms with van der Waals surface area (Å²) in [5, 5.41) is 3.02. The fourth-order valence-electron chi connectivity index (χ4n) is 4.31. The number of anilines is 2. The zero-order chi connectivity index (χ0) is 23.6. The number of hydrogen-bond acceptors (Lipinski definition) is 7. The summed E-state index contributed by atoms with van der Waals surface area (Å²) in [6.45, 7) is 8.57. The van der Waals surface area contributed by atoms with Crippen LogP contribution in [0.1, 0.15) is 32.3 Å². The summed E-state index contributed by atoms with van der Waals surface area (Å²) in [6.07, 6.45) is 1.28. The topological polar surface area (TPSA) is 95.5 Å². The Bertz CT molecular complexity index is 1250. The summed E-state index contributed by atoms with van der Waals surface area (Å²) in [6, 6.07) is 11.0. The number of rotatable bonds is 7. The number of fused-ring (bicyclic) bond motifs is 1. The molecule has 4 rings (SSSR count). The van der Waals surface area contributed by atoms with Gasteiger partial charge in [0.1, 0.15) is 15.9 Å². The van der Waals surface area contributed by atoms with E-state index in [-0.39, 0.29) is 17.3 Å². The van der Waals surface area contributed by atoms with Crippen LogP contribution in [0.3, 0.4) is 0 Å². The maximum atomic E-state index is 13.4. The molecule has 1 amide bonds. The summed E-state index contributed by atoms with van der Waals surface area (Å²) >= 11 is 0.993. The van der Waals surface area contributed by atoms with Crippen LogP contribution in [-0.2, 0) is 14.8 Å². The van der Waals surface area contributed by atoms with Crippen molar-refractivity contribution in [3.05, 3.63) is 42.0 Å². The Morgan fingerprint density at radius 1 is 1.21 bits per heavy atom. The molecule has 0 bridgehead atoms. The Morgan fingerprint density at radius 3 is 2.73 bits per heavy atom. The smallest absolute Gasteiger partial charge is 0.245 e. The lowest BCUT2D eigenvalue weighted by atomic mass is 9.98. The van der Waals surface area contributed by atoms with Crippen molar-refractivity contribution >= 4 is 50.1 Å². The molecule has 0 aliphatic carbocycles. The van der Waals surface area contributed by atoms with Crippen molar-refractivity contribution in [2.45, 2.75) is 38.5 Å². The van der Waals surface area contributed by atoms with Gasteiger partial charge in [-0.2, -0.15) is 13.1 Å². The maximum absolute atomic E-state index is 13.4. The Labute approximate surface area is 199 Å². The van der Waals surface area contributed by atoms with Gasteiger partial charge >= 0.3 is 0 Å². The molecule has 3 aromatic rings. The highest BCUT2D eigenvalue weighted by atomic mass is 32.2. The molecule has 176 valence electrons. The van der Waals surface area contributed by atoms with E-state index in [1.165, 1.54) is 4.31 Å². The maximum Gasteiger partial charge on any atom is 0.245 e. The summed E-state index contributed by atoms with van der Waals surface area (Å²) in [5.41, 5.74) is 3.81. The molecule has 33 heavy (non-hydrogen) atoms. The van der Waals surface area contributed by atoms with Crippen molar-refractivity contribution in [2.24, 2.45) is 5.92 Å². The van der Waals surface area contributed by atoms with Gasteiger partial charge in [0, 0.05) is 37.6 Å². The van der Waals surface area contributed by atoms with Gasteiger partial charge < -0.3 is 10.2 Å². The first-order valence-electron chi connectivity index (χ1n) is 11.2. The molecule has 1 saturated heterocycles. The van der Waals surface area contributed by atoms with Crippen molar-refractivity contribution in [1.29, 1.82) is 0 Å². The summed E-state index contributed by atoms with van der Waals surface area (Å²) in [7, 11) is -3.78. The molecule has 10 heteroatoms. The van der Waals surface area contributed by atoms with E-state index in [9.17, 15) is 13.2 Å². The van der Waals surface area contributed by atoms with Crippen LogP contribution in [0.25, 0.3) is 11.0 Å². The van der Waals surface area contributed by atoms with E-state index in [1.807, 2.05) is 19.1 Å². The van der Waals surface area contributed by atoms with Gasteiger partial charge in [0.25, 0.3) is 0 Å². The quantitative estimate of drug-likeness (QED) is 0.543. The monoisotopic (exact) mass is 487 g/mol. The molecule has 8 nitrogen and oxygen atoms in total. The second kappa shape index (κ2) is 9.74. The highest BCUT2D eigenvalue weighted by Gasteiger charge is 2.34. The van der Waals surface area contributed by atoms with Gasteiger partial charge in [-0.15, -0.1) is 0 Å². The van der Waals surface area contributed by atoms with Crippen molar-refractivity contribution in [2.75, 3.05) is 36.4 Å². The molecule has 0 spiro atoms. The lowest BCUT2D eigenvalue weighted by Crippen LogP contribution is -2.43. The lowest BCUT2D eigenvalue weighted by molar-refractivity contribution is -0.120. The van der Waals surface area contributed by atoms with Crippen LogP contribution in [0.2, 0.25) is 0 Å². The van der Waals surface area contributed by atoms with E-state index >= 15 is 0 Å². The number of benzene rings is 2. The third-order valence-corrected chi connectivity index (χ3v) is 8.66. The van der Waals surface area contributed by atoms with Crippen molar-refractivity contribution in [3.63, 3.8) is 0 Å². The van der Waals surface area contributed by atoms with Gasteiger partial charge in [-0.1, -0.05) is 6.07 Å². The Balaban J connectivity index is 1.49. The lowest BCUT2D eigenvalue weighted by Gasteiger charge is -2.31. The Morgan fingerprint density at radius 2 is 2.00 bits per heavy atom. The molecule has 1 aliphatic heterocycles. The van der Waals surface area contributed by atoms with Crippen molar-refractivity contribution in [1.82, 2.24) is 13.1 Å². The van der Waals surface area contributed by atoms with E-state index in [1.54, 1.807) is 18.2 Å². The van der Waals surface area contributed by atoms with Crippen LogP contribution in [0.4, 0.5) is 11.4 Å². The molecular formula is C23H29N5O3S2. The minimum absolute atomic E-state index is 0.151. The van der Waals surface area contributed by atoms with Crippen LogP contribution in [0.15, 0.2) is 41.3 Å². The highest BCUT2D eigenvalue weighted by Crippen LogP contribution is 2.29. The van der Waals surface area contributed by atoms with Gasteiger partial charge in [0.15, 0.2) is 0 Å². The van der Waals surface area contributed by atoms with E-state index in [0.29, 0.717) is 30.4 Å². The van der Waals surface area contributed by atoms with E-state index in [2.05, 4.69) is 38.9 Å². The zero-order valence-electron chi connectivity index (χ0n) is 19.1. The molecule has 1 atom stereocenters. The van der Waals surface area contributed by atoms with Gasteiger partial charge in [-0.25, -0.2) is 8.42 Å². The molecule has 1 fully saturated rings. The molecular weight excluding hydrogens is 458 g/mol. The molecule has 1 aliphatic rings. The SMILES string of the molecule is CCN(CC)c1ccc(NC(=O)[C@@H]2CCCN(S(=O)(=O)c3cccc4nsnc34)C2)c(C)c1. The number of piperidine rings is 1. The van der Waals surface area contributed by atoms with E-state index in [0.717, 1.165) is 41.8 Å². The van der Waals surface area contributed by atoms with Crippen LogP contribution in [0.5, 0.6) is 0 Å². The number of carbonyl (C=O) groups excluding carboxylic acids is 1. The second-order valence-electron chi connectivity index (χ2n) is 8.25. The minimum Gasteiger partial charge on any atom is -0.372 e. The van der Waals surface area contributed by atoms with Gasteiger partial charge in [0.05, 0.1) is 17.6 Å². The third kappa shape index (κ3) is 4.73. The first kappa shape index (κ1) is 23.6. The molecule has 1 aromatic heterocycles. The standard InChI is InChI=1S/C23H29N5O3S2/c1-4-27(5-2)18-11-12-19(16(3)14-18)24-23(29)17-8-7-13-28(15-17)33(30,31)21-10-6-9-20-22(21)26-32-25-20/h6,9-12,14,17H,4-5,7-8,13,15H2,1-3H3,(H,24,29)/t17-/m1/s1. The predicted molar refractivity (Wildman–Crippen MR) is 132 cm³/mol. The van der Waals surface area contributed by atoms with Crippen LogP contribution >= 0.6 is 11.7 Å².